The molecule has 0 aromatic rings. The number of nitrogens with zero attached hydrogens (tertiary/aromatic N) is 1. The van der Waals surface area contributed by atoms with Crippen molar-refractivity contribution < 1.29 is 14.7 Å². The fourth-order valence-electron chi connectivity index (χ4n) is 2.25. The Bertz CT molecular complexity index is 411. The van der Waals surface area contributed by atoms with Crippen molar-refractivity contribution in [3.8, 4) is 0 Å². The maximum atomic E-state index is 11.8. The summed E-state index contributed by atoms with van der Waals surface area (Å²) in [4.78, 5) is 26.8. The first kappa shape index (κ1) is 20.0. The molecule has 2 atom stereocenters. The Morgan fingerprint density at radius 1 is 1.30 bits per heavy atom. The number of guanidine groups is 1. The molecule has 2 unspecified atom stereocenters. The highest BCUT2D eigenvalue weighted by Gasteiger charge is 2.19. The largest absolute Gasteiger partial charge is 0.480 e. The molecule has 0 spiro atoms. The van der Waals surface area contributed by atoms with E-state index >= 15 is 0 Å². The van der Waals surface area contributed by atoms with Crippen LogP contribution in [0.25, 0.3) is 0 Å². The second-order valence-corrected chi connectivity index (χ2v) is 8.27. The van der Waals surface area contributed by atoms with Crippen molar-refractivity contribution in [2.75, 3.05) is 12.3 Å². The summed E-state index contributed by atoms with van der Waals surface area (Å²) in [5.41, 5.74) is 10.4. The highest BCUT2D eigenvalue weighted by molar-refractivity contribution is 8.77. The van der Waals surface area contributed by atoms with Crippen LogP contribution in [0.1, 0.15) is 44.9 Å². The summed E-state index contributed by atoms with van der Waals surface area (Å²) in [5, 5.41) is 12.4. The van der Waals surface area contributed by atoms with E-state index in [9.17, 15) is 9.59 Å². The Morgan fingerprint density at radius 3 is 2.70 bits per heavy atom. The molecule has 0 bridgehead atoms. The number of carbonyl (C=O) groups is 2. The Morgan fingerprint density at radius 2 is 2.09 bits per heavy atom. The van der Waals surface area contributed by atoms with Crippen LogP contribution in [-0.4, -0.2) is 46.5 Å². The number of hydrogen-bond acceptors (Lipinski definition) is 5. The molecule has 0 radical (unpaired) electrons. The summed E-state index contributed by atoms with van der Waals surface area (Å²) in [5.74, 6) is -0.0227. The van der Waals surface area contributed by atoms with Crippen molar-refractivity contribution in [1.82, 2.24) is 5.32 Å². The van der Waals surface area contributed by atoms with Gasteiger partial charge >= 0.3 is 5.97 Å². The summed E-state index contributed by atoms with van der Waals surface area (Å²) in [6.07, 6.45) is 5.38. The molecule has 7 nitrogen and oxygen atoms in total. The van der Waals surface area contributed by atoms with Crippen LogP contribution in [0.15, 0.2) is 4.99 Å². The second kappa shape index (κ2) is 11.4. The number of unbranched alkanes of at least 4 members (excludes halogenated alkanes) is 1. The summed E-state index contributed by atoms with van der Waals surface area (Å²) >= 11 is 0. The maximum Gasteiger partial charge on any atom is 0.326 e. The minimum atomic E-state index is -1.03. The zero-order valence-corrected chi connectivity index (χ0v) is 14.8. The number of aliphatic carboxylic acids is 1. The second-order valence-electron chi connectivity index (χ2n) is 5.48. The van der Waals surface area contributed by atoms with Crippen molar-refractivity contribution in [2.45, 2.75) is 56.2 Å². The lowest BCUT2D eigenvalue weighted by atomic mass is 10.1. The average molecular weight is 363 g/mol. The highest BCUT2D eigenvalue weighted by atomic mass is 33.1. The van der Waals surface area contributed by atoms with Gasteiger partial charge in [0.1, 0.15) is 6.04 Å². The minimum absolute atomic E-state index is 0.0141. The zero-order valence-electron chi connectivity index (χ0n) is 13.2. The summed E-state index contributed by atoms with van der Waals surface area (Å²) < 4.78 is 0. The molecular formula is C14H26N4O3S2. The third-order valence-electron chi connectivity index (χ3n) is 3.49. The van der Waals surface area contributed by atoms with Crippen LogP contribution < -0.4 is 16.8 Å². The molecule has 132 valence electrons. The first-order valence-electron chi connectivity index (χ1n) is 7.85. The quantitative estimate of drug-likeness (QED) is 0.189. The van der Waals surface area contributed by atoms with Crippen LogP contribution in [-0.2, 0) is 9.59 Å². The first-order chi connectivity index (χ1) is 11.0. The van der Waals surface area contributed by atoms with Crippen LogP contribution in [0.4, 0.5) is 0 Å². The first-order valence-corrected chi connectivity index (χ1v) is 10.2. The van der Waals surface area contributed by atoms with Crippen molar-refractivity contribution in [3.05, 3.63) is 0 Å². The number of carboxylic acid groups (broad SMARTS) is 1. The van der Waals surface area contributed by atoms with Gasteiger partial charge in [-0.1, -0.05) is 28.0 Å². The summed E-state index contributed by atoms with van der Waals surface area (Å²) in [7, 11) is 3.86. The zero-order chi connectivity index (χ0) is 17.1. The number of nitrogens with two attached hydrogens (primary N) is 2. The molecule has 0 aromatic heterocycles. The molecule has 9 heteroatoms. The molecular weight excluding hydrogens is 336 g/mol. The van der Waals surface area contributed by atoms with E-state index < -0.39 is 12.0 Å². The molecule has 1 heterocycles. The van der Waals surface area contributed by atoms with E-state index in [-0.39, 0.29) is 11.9 Å². The summed E-state index contributed by atoms with van der Waals surface area (Å²) in [6.45, 7) is 0.360. The van der Waals surface area contributed by atoms with Gasteiger partial charge in [-0.05, 0) is 32.1 Å². The Balaban J connectivity index is 2.16. The predicted octanol–water partition coefficient (Wildman–Crippen LogP) is 1.32. The van der Waals surface area contributed by atoms with E-state index in [1.807, 2.05) is 21.6 Å². The lowest BCUT2D eigenvalue weighted by Crippen LogP contribution is -2.40. The van der Waals surface area contributed by atoms with E-state index in [1.54, 1.807) is 0 Å². The fraction of sp³-hybridized carbons (Fsp3) is 0.786. The van der Waals surface area contributed by atoms with Crippen molar-refractivity contribution in [1.29, 1.82) is 0 Å². The van der Waals surface area contributed by atoms with E-state index in [1.165, 1.54) is 12.2 Å². The predicted molar refractivity (Wildman–Crippen MR) is 96.4 cm³/mol. The third kappa shape index (κ3) is 9.60. The average Bonchev–Trinajstić information content (AvgIpc) is 2.99. The van der Waals surface area contributed by atoms with Gasteiger partial charge in [0, 0.05) is 24.0 Å². The normalized spacial score (nSPS) is 18.3. The van der Waals surface area contributed by atoms with Gasteiger partial charge in [0.15, 0.2) is 5.96 Å². The number of aliphatic imine (C=N–C) groups is 1. The number of nitrogens with one attached hydrogen (secondary N) is 1. The number of amides is 1. The van der Waals surface area contributed by atoms with Gasteiger partial charge in [0.05, 0.1) is 0 Å². The van der Waals surface area contributed by atoms with Crippen LogP contribution >= 0.6 is 21.6 Å². The molecule has 0 aromatic carbocycles. The maximum absolute atomic E-state index is 11.8. The van der Waals surface area contributed by atoms with Crippen LogP contribution in [0, 0.1) is 0 Å². The molecule has 0 saturated carbocycles. The molecule has 1 fully saturated rings. The monoisotopic (exact) mass is 362 g/mol. The van der Waals surface area contributed by atoms with Crippen LogP contribution in [0.3, 0.4) is 0 Å². The Hall–Kier alpha value is -1.09. The van der Waals surface area contributed by atoms with Crippen molar-refractivity contribution >= 4 is 39.4 Å². The van der Waals surface area contributed by atoms with Crippen LogP contribution in [0.2, 0.25) is 0 Å². The van der Waals surface area contributed by atoms with Gasteiger partial charge in [-0.25, -0.2) is 4.79 Å². The lowest BCUT2D eigenvalue weighted by molar-refractivity contribution is -0.142. The highest BCUT2D eigenvalue weighted by Crippen LogP contribution is 2.39. The smallest absolute Gasteiger partial charge is 0.326 e. The molecule has 1 aliphatic rings. The molecule has 0 aliphatic carbocycles. The third-order valence-corrected chi connectivity index (χ3v) is 6.49. The topological polar surface area (TPSA) is 131 Å². The Kier molecular flexibility index (Phi) is 9.93. The van der Waals surface area contributed by atoms with Gasteiger partial charge in [-0.3, -0.25) is 9.79 Å². The number of carbonyl (C=O) groups excluding carboxylic acids is 1. The van der Waals surface area contributed by atoms with Crippen LogP contribution in [0.5, 0.6) is 0 Å². The molecule has 1 amide bonds. The van der Waals surface area contributed by atoms with Gasteiger partial charge < -0.3 is 21.9 Å². The lowest BCUT2D eigenvalue weighted by Gasteiger charge is -2.14. The van der Waals surface area contributed by atoms with Crippen molar-refractivity contribution in [2.24, 2.45) is 16.5 Å². The Labute approximate surface area is 144 Å². The van der Waals surface area contributed by atoms with Gasteiger partial charge in [0.2, 0.25) is 5.91 Å². The van der Waals surface area contributed by atoms with E-state index in [2.05, 4.69) is 10.3 Å². The van der Waals surface area contributed by atoms with Gasteiger partial charge in [-0.15, -0.1) is 0 Å². The number of hydrogen-bond donors (Lipinski definition) is 4. The van der Waals surface area contributed by atoms with Gasteiger partial charge in [-0.2, -0.15) is 0 Å². The number of carboxylic acids is 1. The standard InChI is InChI=1S/C14H26N4O3S2/c15-14(16)17-8-3-5-11(13(20)21)18-12(19)6-2-1-4-10-7-9-22-23-10/h10-11H,1-9H2,(H,18,19)(H,20,21)(H4,15,16,17). The van der Waals surface area contributed by atoms with Crippen molar-refractivity contribution in [3.63, 3.8) is 0 Å². The molecule has 1 saturated heterocycles. The van der Waals surface area contributed by atoms with Gasteiger partial charge in [0.25, 0.3) is 0 Å². The number of rotatable bonds is 11. The minimum Gasteiger partial charge on any atom is -0.480 e. The molecule has 1 rings (SSSR count). The van der Waals surface area contributed by atoms with E-state index in [4.69, 9.17) is 16.6 Å². The molecule has 6 N–H and O–H groups in total. The SMILES string of the molecule is NC(N)=NCCCC(NC(=O)CCCCC1CCSS1)C(=O)O. The molecule has 1 aliphatic heterocycles. The van der Waals surface area contributed by atoms with E-state index in [0.717, 1.165) is 19.3 Å². The summed E-state index contributed by atoms with van der Waals surface area (Å²) in [6, 6.07) is -0.876. The molecule has 23 heavy (non-hydrogen) atoms. The van der Waals surface area contributed by atoms with E-state index in [0.29, 0.717) is 31.1 Å². The fourth-order valence-corrected chi connectivity index (χ4v) is 5.28.